The van der Waals surface area contributed by atoms with Gasteiger partial charge in [-0.3, -0.25) is 4.98 Å². The number of hydrogen-bond acceptors (Lipinski definition) is 3. The van der Waals surface area contributed by atoms with Crippen molar-refractivity contribution < 1.29 is 4.74 Å². The summed E-state index contributed by atoms with van der Waals surface area (Å²) >= 11 is 0. The van der Waals surface area contributed by atoms with Gasteiger partial charge in [0.05, 0.1) is 18.0 Å². The lowest BCUT2D eigenvalue weighted by Crippen LogP contribution is -2.22. The maximum absolute atomic E-state index is 5.30. The zero-order chi connectivity index (χ0) is 9.10. The Morgan fingerprint density at radius 2 is 2.54 bits per heavy atom. The predicted octanol–water partition coefficient (Wildman–Crippen LogP) is 1.31. The molecule has 2 rings (SSSR count). The van der Waals surface area contributed by atoms with Crippen LogP contribution in [0.15, 0.2) is 24.5 Å². The van der Waals surface area contributed by atoms with Gasteiger partial charge in [0, 0.05) is 26.4 Å². The predicted molar refractivity (Wildman–Crippen MR) is 51.9 cm³/mol. The molecule has 2 heterocycles. The van der Waals surface area contributed by atoms with E-state index in [1.165, 1.54) is 5.69 Å². The second-order valence-electron chi connectivity index (χ2n) is 3.30. The van der Waals surface area contributed by atoms with Crippen LogP contribution in [0.25, 0.3) is 0 Å². The molecule has 3 heteroatoms. The summed E-state index contributed by atoms with van der Waals surface area (Å²) in [5, 5.41) is 0. The summed E-state index contributed by atoms with van der Waals surface area (Å²) < 4.78 is 5.30. The lowest BCUT2D eigenvalue weighted by Gasteiger charge is -2.17. The Morgan fingerprint density at radius 3 is 3.15 bits per heavy atom. The van der Waals surface area contributed by atoms with Crippen molar-refractivity contribution in [3.8, 4) is 0 Å². The van der Waals surface area contributed by atoms with Crippen LogP contribution in [0.1, 0.15) is 6.42 Å². The molecular formula is C10H14N2O. The standard InChI is InChI=1S/C10H14N2O/c1-13-10-4-6-12(8-10)9-3-2-5-11-7-9/h2-3,5,7,10H,4,6,8H2,1H3/t10-/m0/s1. The molecular weight excluding hydrogens is 164 g/mol. The van der Waals surface area contributed by atoms with Gasteiger partial charge in [0.2, 0.25) is 0 Å². The molecule has 1 aromatic rings. The van der Waals surface area contributed by atoms with Crippen molar-refractivity contribution in [3.05, 3.63) is 24.5 Å². The van der Waals surface area contributed by atoms with Crippen LogP contribution in [-0.2, 0) is 4.74 Å². The van der Waals surface area contributed by atoms with Crippen molar-refractivity contribution in [2.24, 2.45) is 0 Å². The van der Waals surface area contributed by atoms with E-state index in [1.807, 2.05) is 12.3 Å². The Balaban J connectivity index is 2.04. The monoisotopic (exact) mass is 178 g/mol. The number of anilines is 1. The van der Waals surface area contributed by atoms with Gasteiger partial charge in [-0.1, -0.05) is 0 Å². The average Bonchev–Trinajstić information content (AvgIpc) is 2.67. The molecule has 0 aromatic carbocycles. The SMILES string of the molecule is CO[C@H]1CCN(c2cccnc2)C1. The molecule has 0 spiro atoms. The van der Waals surface area contributed by atoms with Gasteiger partial charge in [-0.05, 0) is 18.6 Å². The molecule has 1 aliphatic rings. The van der Waals surface area contributed by atoms with E-state index in [4.69, 9.17) is 4.74 Å². The first-order valence-corrected chi connectivity index (χ1v) is 4.58. The van der Waals surface area contributed by atoms with E-state index in [9.17, 15) is 0 Å². The van der Waals surface area contributed by atoms with Crippen LogP contribution in [0.4, 0.5) is 5.69 Å². The van der Waals surface area contributed by atoms with Gasteiger partial charge in [0.15, 0.2) is 0 Å². The number of ether oxygens (including phenoxy) is 1. The van der Waals surface area contributed by atoms with Crippen LogP contribution in [0, 0.1) is 0 Å². The minimum atomic E-state index is 0.389. The first kappa shape index (κ1) is 8.51. The topological polar surface area (TPSA) is 25.4 Å². The number of pyridine rings is 1. The third-order valence-corrected chi connectivity index (χ3v) is 2.49. The minimum Gasteiger partial charge on any atom is -0.380 e. The fourth-order valence-electron chi connectivity index (χ4n) is 1.70. The zero-order valence-corrected chi connectivity index (χ0v) is 7.81. The fraction of sp³-hybridized carbons (Fsp3) is 0.500. The van der Waals surface area contributed by atoms with E-state index < -0.39 is 0 Å². The average molecular weight is 178 g/mol. The van der Waals surface area contributed by atoms with Gasteiger partial charge in [-0.25, -0.2) is 0 Å². The molecule has 3 nitrogen and oxygen atoms in total. The quantitative estimate of drug-likeness (QED) is 0.682. The molecule has 0 radical (unpaired) electrons. The molecule has 1 atom stereocenters. The van der Waals surface area contributed by atoms with E-state index in [2.05, 4.69) is 16.0 Å². The number of methoxy groups -OCH3 is 1. The van der Waals surface area contributed by atoms with E-state index in [1.54, 1.807) is 13.3 Å². The van der Waals surface area contributed by atoms with Crippen LogP contribution in [-0.4, -0.2) is 31.3 Å². The third kappa shape index (κ3) is 1.80. The van der Waals surface area contributed by atoms with Gasteiger partial charge in [-0.15, -0.1) is 0 Å². The summed E-state index contributed by atoms with van der Waals surface area (Å²) in [6.07, 6.45) is 5.21. The largest absolute Gasteiger partial charge is 0.380 e. The first-order valence-electron chi connectivity index (χ1n) is 4.58. The smallest absolute Gasteiger partial charge is 0.0762 e. The van der Waals surface area contributed by atoms with E-state index in [-0.39, 0.29) is 0 Å². The third-order valence-electron chi connectivity index (χ3n) is 2.49. The number of nitrogens with zero attached hydrogens (tertiary/aromatic N) is 2. The summed E-state index contributed by atoms with van der Waals surface area (Å²) in [6.45, 7) is 2.06. The maximum atomic E-state index is 5.30. The lowest BCUT2D eigenvalue weighted by atomic mass is 10.3. The Bertz CT molecular complexity index is 263. The van der Waals surface area contributed by atoms with Crippen molar-refractivity contribution in [2.75, 3.05) is 25.1 Å². The highest BCUT2D eigenvalue weighted by Crippen LogP contribution is 2.19. The molecule has 0 aliphatic carbocycles. The van der Waals surface area contributed by atoms with Gasteiger partial charge in [0.25, 0.3) is 0 Å². The zero-order valence-electron chi connectivity index (χ0n) is 7.81. The van der Waals surface area contributed by atoms with Crippen LogP contribution < -0.4 is 4.90 Å². The highest BCUT2D eigenvalue weighted by molar-refractivity contribution is 5.44. The van der Waals surface area contributed by atoms with Crippen molar-refractivity contribution in [1.82, 2.24) is 4.98 Å². The van der Waals surface area contributed by atoms with E-state index >= 15 is 0 Å². The van der Waals surface area contributed by atoms with Crippen molar-refractivity contribution in [3.63, 3.8) is 0 Å². The molecule has 1 saturated heterocycles. The van der Waals surface area contributed by atoms with Crippen LogP contribution >= 0.6 is 0 Å². The van der Waals surface area contributed by atoms with Crippen LogP contribution in [0.3, 0.4) is 0 Å². The van der Waals surface area contributed by atoms with E-state index in [0.717, 1.165) is 19.5 Å². The molecule has 0 unspecified atom stereocenters. The summed E-state index contributed by atoms with van der Waals surface area (Å²) in [5.41, 5.74) is 1.20. The summed E-state index contributed by atoms with van der Waals surface area (Å²) in [4.78, 5) is 6.40. The number of rotatable bonds is 2. The first-order chi connectivity index (χ1) is 6.40. The Hall–Kier alpha value is -1.09. The molecule has 0 saturated carbocycles. The number of aromatic nitrogens is 1. The molecule has 1 fully saturated rings. The van der Waals surface area contributed by atoms with Crippen molar-refractivity contribution >= 4 is 5.69 Å². The minimum absolute atomic E-state index is 0.389. The van der Waals surface area contributed by atoms with Gasteiger partial charge in [0.1, 0.15) is 0 Å². The van der Waals surface area contributed by atoms with Crippen molar-refractivity contribution in [1.29, 1.82) is 0 Å². The second-order valence-corrected chi connectivity index (χ2v) is 3.30. The summed E-state index contributed by atoms with van der Waals surface area (Å²) in [5.74, 6) is 0. The molecule has 13 heavy (non-hydrogen) atoms. The number of hydrogen-bond donors (Lipinski definition) is 0. The van der Waals surface area contributed by atoms with Gasteiger partial charge >= 0.3 is 0 Å². The highest BCUT2D eigenvalue weighted by atomic mass is 16.5. The highest BCUT2D eigenvalue weighted by Gasteiger charge is 2.21. The molecule has 1 aromatic heterocycles. The molecule has 0 bridgehead atoms. The lowest BCUT2D eigenvalue weighted by molar-refractivity contribution is 0.121. The van der Waals surface area contributed by atoms with Gasteiger partial charge < -0.3 is 9.64 Å². The van der Waals surface area contributed by atoms with E-state index in [0.29, 0.717) is 6.10 Å². The summed E-state index contributed by atoms with van der Waals surface area (Å²) in [6, 6.07) is 4.06. The second kappa shape index (κ2) is 3.75. The Morgan fingerprint density at radius 1 is 1.62 bits per heavy atom. The molecule has 70 valence electrons. The van der Waals surface area contributed by atoms with Crippen LogP contribution in [0.2, 0.25) is 0 Å². The fourth-order valence-corrected chi connectivity index (χ4v) is 1.70. The van der Waals surface area contributed by atoms with Crippen LogP contribution in [0.5, 0.6) is 0 Å². The maximum Gasteiger partial charge on any atom is 0.0762 e. The normalized spacial score (nSPS) is 22.2. The van der Waals surface area contributed by atoms with Crippen molar-refractivity contribution in [2.45, 2.75) is 12.5 Å². The Labute approximate surface area is 78.3 Å². The molecule has 0 amide bonds. The van der Waals surface area contributed by atoms with Gasteiger partial charge in [-0.2, -0.15) is 0 Å². The molecule has 1 aliphatic heterocycles. The Kier molecular flexibility index (Phi) is 2.45. The summed E-state index contributed by atoms with van der Waals surface area (Å²) in [7, 11) is 1.78. The molecule has 0 N–H and O–H groups in total.